The molecule has 28 heavy (non-hydrogen) atoms. The number of aromatic nitrogens is 4. The summed E-state index contributed by atoms with van der Waals surface area (Å²) in [7, 11) is 0. The topological polar surface area (TPSA) is 59.5 Å². The number of hydrogen-bond donors (Lipinski definition) is 0. The summed E-state index contributed by atoms with van der Waals surface area (Å²) in [6.45, 7) is 6.26. The fourth-order valence-corrected chi connectivity index (χ4v) is 3.83. The first-order valence-corrected chi connectivity index (χ1v) is 10.5. The van der Waals surface area contributed by atoms with Crippen molar-refractivity contribution in [3.63, 3.8) is 0 Å². The van der Waals surface area contributed by atoms with Crippen molar-refractivity contribution >= 4 is 34.7 Å². The zero-order chi connectivity index (χ0) is 19.5. The zero-order valence-corrected chi connectivity index (χ0v) is 17.2. The molecule has 8 heteroatoms. The Balaban J connectivity index is 1.43. The lowest BCUT2D eigenvalue weighted by Crippen LogP contribution is -2.21. The molecule has 0 bridgehead atoms. The van der Waals surface area contributed by atoms with Crippen LogP contribution in [0, 0.1) is 0 Å². The van der Waals surface area contributed by atoms with E-state index in [1.165, 1.54) is 17.4 Å². The number of rotatable bonds is 7. The maximum atomic E-state index is 6.02. The minimum absolute atomic E-state index is 0.524. The van der Waals surface area contributed by atoms with Gasteiger partial charge in [-0.3, -0.25) is 0 Å². The Bertz CT molecular complexity index is 1070. The van der Waals surface area contributed by atoms with E-state index in [1.807, 2.05) is 41.1 Å². The van der Waals surface area contributed by atoms with E-state index in [0.717, 1.165) is 30.0 Å². The molecule has 0 aliphatic carbocycles. The van der Waals surface area contributed by atoms with Gasteiger partial charge in [-0.05, 0) is 50.2 Å². The van der Waals surface area contributed by atoms with Crippen LogP contribution in [0.3, 0.4) is 0 Å². The normalized spacial score (nSPS) is 11.2. The Hall–Kier alpha value is -2.51. The van der Waals surface area contributed by atoms with Gasteiger partial charge in [0.25, 0.3) is 5.22 Å². The van der Waals surface area contributed by atoms with E-state index < -0.39 is 0 Å². The summed E-state index contributed by atoms with van der Waals surface area (Å²) in [5.41, 5.74) is 3.89. The molecule has 0 spiro atoms. The predicted octanol–water partition coefficient (Wildman–Crippen LogP) is 5.18. The first kappa shape index (κ1) is 18.8. The first-order valence-electron chi connectivity index (χ1n) is 9.11. The smallest absolute Gasteiger partial charge is 0.277 e. The van der Waals surface area contributed by atoms with E-state index in [-0.39, 0.29) is 0 Å². The second-order valence-corrected chi connectivity index (χ2v) is 7.59. The molecule has 0 amide bonds. The predicted molar refractivity (Wildman–Crippen MR) is 113 cm³/mol. The van der Waals surface area contributed by atoms with Crippen molar-refractivity contribution in [1.82, 2.24) is 19.6 Å². The van der Waals surface area contributed by atoms with E-state index in [0.29, 0.717) is 21.9 Å². The zero-order valence-electron chi connectivity index (χ0n) is 15.7. The van der Waals surface area contributed by atoms with Crippen LogP contribution in [-0.2, 0) is 5.75 Å². The molecule has 1 aromatic carbocycles. The number of hydrogen-bond acceptors (Lipinski definition) is 6. The Morgan fingerprint density at radius 3 is 2.57 bits per heavy atom. The number of anilines is 1. The van der Waals surface area contributed by atoms with Crippen LogP contribution >= 0.6 is 23.4 Å². The summed E-state index contributed by atoms with van der Waals surface area (Å²) in [4.78, 5) is 6.86. The largest absolute Gasteiger partial charge is 0.411 e. The minimum Gasteiger partial charge on any atom is -0.411 e. The van der Waals surface area contributed by atoms with Gasteiger partial charge in [0.1, 0.15) is 5.65 Å². The molecule has 144 valence electrons. The second-order valence-electron chi connectivity index (χ2n) is 6.23. The molecule has 3 aromatic heterocycles. The highest BCUT2D eigenvalue weighted by Gasteiger charge is 2.11. The number of nitrogens with zero attached hydrogens (tertiary/aromatic N) is 5. The van der Waals surface area contributed by atoms with Gasteiger partial charge >= 0.3 is 0 Å². The van der Waals surface area contributed by atoms with Gasteiger partial charge in [-0.25, -0.2) is 4.98 Å². The third-order valence-corrected chi connectivity index (χ3v) is 5.53. The second kappa shape index (κ2) is 8.24. The molecule has 4 aromatic rings. The van der Waals surface area contributed by atoms with Gasteiger partial charge in [0.05, 0.1) is 10.7 Å². The molecule has 3 heterocycles. The first-order chi connectivity index (χ1) is 13.7. The third kappa shape index (κ3) is 4.00. The monoisotopic (exact) mass is 413 g/mol. The van der Waals surface area contributed by atoms with Crippen LogP contribution in [0.1, 0.15) is 19.5 Å². The standard InChI is InChI=1S/C20H20ClN5OS/c1-3-25(4-2)17-8-5-14(6-9-17)19-23-24-20(27-19)28-13-16-12-26-11-15(21)7-10-18(26)22-16/h5-12H,3-4,13H2,1-2H3. The number of fused-ring (bicyclic) bond motifs is 1. The van der Waals surface area contributed by atoms with Crippen molar-refractivity contribution in [2.75, 3.05) is 18.0 Å². The van der Waals surface area contributed by atoms with Gasteiger partial charge in [-0.2, -0.15) is 0 Å². The summed E-state index contributed by atoms with van der Waals surface area (Å²) in [5.74, 6) is 1.16. The fraction of sp³-hybridized carbons (Fsp3) is 0.250. The molecule has 0 atom stereocenters. The van der Waals surface area contributed by atoms with Crippen LogP contribution in [-0.4, -0.2) is 32.7 Å². The lowest BCUT2D eigenvalue weighted by atomic mass is 10.2. The summed E-state index contributed by atoms with van der Waals surface area (Å²) in [6, 6.07) is 11.9. The van der Waals surface area contributed by atoms with Crippen LogP contribution in [0.25, 0.3) is 17.1 Å². The fourth-order valence-electron chi connectivity index (χ4n) is 3.01. The van der Waals surface area contributed by atoms with E-state index in [9.17, 15) is 0 Å². The number of thioether (sulfide) groups is 1. The highest BCUT2D eigenvalue weighted by Crippen LogP contribution is 2.27. The average Bonchev–Trinajstić information content (AvgIpc) is 3.34. The maximum Gasteiger partial charge on any atom is 0.277 e. The molecule has 6 nitrogen and oxygen atoms in total. The molecule has 0 saturated heterocycles. The Morgan fingerprint density at radius 2 is 1.82 bits per heavy atom. The highest BCUT2D eigenvalue weighted by atomic mass is 35.5. The molecular weight excluding hydrogens is 394 g/mol. The van der Waals surface area contributed by atoms with E-state index >= 15 is 0 Å². The third-order valence-electron chi connectivity index (χ3n) is 4.46. The lowest BCUT2D eigenvalue weighted by Gasteiger charge is -2.20. The molecule has 4 rings (SSSR count). The lowest BCUT2D eigenvalue weighted by molar-refractivity contribution is 0.466. The number of imidazole rings is 1. The van der Waals surface area contributed by atoms with E-state index in [2.05, 4.69) is 46.1 Å². The molecule has 0 N–H and O–H groups in total. The van der Waals surface area contributed by atoms with Crippen molar-refractivity contribution < 1.29 is 4.42 Å². The molecule has 0 fully saturated rings. The van der Waals surface area contributed by atoms with Crippen LogP contribution in [0.15, 0.2) is 58.4 Å². The Labute approximate surface area is 172 Å². The SMILES string of the molecule is CCN(CC)c1ccc(-c2nnc(SCc3cn4cc(Cl)ccc4n3)o2)cc1. The van der Waals surface area contributed by atoms with Crippen molar-refractivity contribution in [3.8, 4) is 11.5 Å². The Morgan fingerprint density at radius 1 is 1.04 bits per heavy atom. The van der Waals surface area contributed by atoms with Crippen LogP contribution < -0.4 is 4.90 Å². The van der Waals surface area contributed by atoms with E-state index in [1.54, 1.807) is 0 Å². The molecule has 0 aliphatic rings. The molecule has 0 saturated carbocycles. The van der Waals surface area contributed by atoms with Gasteiger partial charge in [-0.15, -0.1) is 10.2 Å². The Kier molecular flexibility index (Phi) is 5.54. The maximum absolute atomic E-state index is 6.02. The molecule has 0 unspecified atom stereocenters. The number of benzene rings is 1. The van der Waals surface area contributed by atoms with Crippen molar-refractivity contribution in [3.05, 3.63) is 59.5 Å². The number of pyridine rings is 1. The minimum atomic E-state index is 0.524. The number of halogens is 1. The summed E-state index contributed by atoms with van der Waals surface area (Å²) < 4.78 is 7.72. The van der Waals surface area contributed by atoms with Gasteiger partial charge in [0.2, 0.25) is 5.89 Å². The average molecular weight is 414 g/mol. The van der Waals surface area contributed by atoms with Crippen molar-refractivity contribution in [2.24, 2.45) is 0 Å². The van der Waals surface area contributed by atoms with Gasteiger partial charge in [0.15, 0.2) is 0 Å². The van der Waals surface area contributed by atoms with Crippen LogP contribution in [0.5, 0.6) is 0 Å². The van der Waals surface area contributed by atoms with Gasteiger partial charge in [-0.1, -0.05) is 23.4 Å². The van der Waals surface area contributed by atoms with Crippen molar-refractivity contribution in [2.45, 2.75) is 24.8 Å². The van der Waals surface area contributed by atoms with E-state index in [4.69, 9.17) is 16.0 Å². The van der Waals surface area contributed by atoms with Crippen LogP contribution in [0.4, 0.5) is 5.69 Å². The van der Waals surface area contributed by atoms with Crippen LogP contribution in [0.2, 0.25) is 5.02 Å². The summed E-state index contributed by atoms with van der Waals surface area (Å²) >= 11 is 7.48. The van der Waals surface area contributed by atoms with Crippen molar-refractivity contribution in [1.29, 1.82) is 0 Å². The highest BCUT2D eigenvalue weighted by molar-refractivity contribution is 7.98. The van der Waals surface area contributed by atoms with Gasteiger partial charge < -0.3 is 13.7 Å². The molecule has 0 aliphatic heterocycles. The quantitative estimate of drug-likeness (QED) is 0.389. The summed E-state index contributed by atoms with van der Waals surface area (Å²) in [6.07, 6.45) is 3.79. The van der Waals surface area contributed by atoms with Gasteiger partial charge in [0, 0.05) is 42.5 Å². The molecule has 0 radical (unpaired) electrons. The summed E-state index contributed by atoms with van der Waals surface area (Å²) in [5, 5.41) is 9.52. The molecular formula is C20H20ClN5OS.